The summed E-state index contributed by atoms with van der Waals surface area (Å²) in [5.74, 6) is 1.23. The molecule has 2 aromatic carbocycles. The quantitative estimate of drug-likeness (QED) is 0.273. The van der Waals surface area contributed by atoms with Gasteiger partial charge in [-0.15, -0.1) is 0 Å². The molecule has 0 fully saturated rings. The van der Waals surface area contributed by atoms with Crippen LogP contribution in [0.25, 0.3) is 22.2 Å². The molecule has 2 heterocycles. The summed E-state index contributed by atoms with van der Waals surface area (Å²) < 4.78 is 12.7. The average Bonchev–Trinajstić information content (AvgIpc) is 3.26. The summed E-state index contributed by atoms with van der Waals surface area (Å²) in [6.45, 7) is 5.94. The number of ether oxygens (including phenoxy) is 1. The molecule has 0 N–H and O–H groups in total. The number of hydrogen-bond acceptors (Lipinski definition) is 6. The highest BCUT2D eigenvalue weighted by atomic mass is 79.9. The van der Waals surface area contributed by atoms with Gasteiger partial charge in [0.05, 0.1) is 29.8 Å². The minimum absolute atomic E-state index is 0.257. The van der Waals surface area contributed by atoms with E-state index in [-0.39, 0.29) is 5.56 Å². The van der Waals surface area contributed by atoms with Crippen LogP contribution in [0.5, 0.6) is 0 Å². The first-order valence-corrected chi connectivity index (χ1v) is 11.0. The SMILES string of the molecule is COC(=O)c1ccc(-c2ccc(C=Nn3c(C(C)(C)C)nc4ccc(Br)cc4c3=O)o2)cc1. The number of carbonyl (C=O) groups is 1. The third kappa shape index (κ3) is 4.66. The van der Waals surface area contributed by atoms with Gasteiger partial charge in [-0.2, -0.15) is 9.78 Å². The molecule has 0 unspecified atom stereocenters. The Morgan fingerprint density at radius 3 is 2.52 bits per heavy atom. The molecule has 33 heavy (non-hydrogen) atoms. The third-order valence-corrected chi connectivity index (χ3v) is 5.49. The number of furan rings is 1. The zero-order valence-electron chi connectivity index (χ0n) is 18.6. The second kappa shape index (κ2) is 8.78. The minimum Gasteiger partial charge on any atom is -0.465 e. The Morgan fingerprint density at radius 2 is 1.85 bits per heavy atom. The van der Waals surface area contributed by atoms with Gasteiger partial charge >= 0.3 is 5.97 Å². The van der Waals surface area contributed by atoms with Gasteiger partial charge in [-0.25, -0.2) is 9.78 Å². The fourth-order valence-corrected chi connectivity index (χ4v) is 3.68. The van der Waals surface area contributed by atoms with Gasteiger partial charge in [0.2, 0.25) is 0 Å². The molecule has 0 spiro atoms. The van der Waals surface area contributed by atoms with E-state index in [4.69, 9.17) is 14.1 Å². The molecule has 0 radical (unpaired) electrons. The predicted molar refractivity (Wildman–Crippen MR) is 131 cm³/mol. The van der Waals surface area contributed by atoms with Crippen LogP contribution in [0.15, 0.2) is 73.4 Å². The number of nitrogens with zero attached hydrogens (tertiary/aromatic N) is 3. The maximum atomic E-state index is 13.2. The first-order valence-electron chi connectivity index (χ1n) is 10.2. The lowest BCUT2D eigenvalue weighted by atomic mass is 9.95. The van der Waals surface area contributed by atoms with Crippen molar-refractivity contribution in [2.45, 2.75) is 26.2 Å². The van der Waals surface area contributed by atoms with E-state index in [2.05, 4.69) is 21.0 Å². The molecule has 0 bridgehead atoms. The van der Waals surface area contributed by atoms with E-state index >= 15 is 0 Å². The van der Waals surface area contributed by atoms with Gasteiger partial charge in [0.1, 0.15) is 17.3 Å². The van der Waals surface area contributed by atoms with Crippen LogP contribution < -0.4 is 5.56 Å². The number of fused-ring (bicyclic) bond motifs is 1. The molecular formula is C25H22BrN3O4. The smallest absolute Gasteiger partial charge is 0.337 e. The molecule has 8 heteroatoms. The highest BCUT2D eigenvalue weighted by molar-refractivity contribution is 9.10. The van der Waals surface area contributed by atoms with Gasteiger partial charge < -0.3 is 9.15 Å². The summed E-state index contributed by atoms with van der Waals surface area (Å²) in [6.07, 6.45) is 1.49. The Morgan fingerprint density at radius 1 is 1.12 bits per heavy atom. The van der Waals surface area contributed by atoms with E-state index in [0.29, 0.717) is 33.8 Å². The molecule has 0 amide bonds. The van der Waals surface area contributed by atoms with Crippen molar-refractivity contribution in [2.75, 3.05) is 7.11 Å². The zero-order valence-corrected chi connectivity index (χ0v) is 20.2. The largest absolute Gasteiger partial charge is 0.465 e. The molecule has 168 valence electrons. The maximum Gasteiger partial charge on any atom is 0.337 e. The fraction of sp³-hybridized carbons (Fsp3) is 0.200. The van der Waals surface area contributed by atoms with Gasteiger partial charge in [-0.05, 0) is 42.5 Å². The summed E-state index contributed by atoms with van der Waals surface area (Å²) in [6, 6.07) is 15.9. The van der Waals surface area contributed by atoms with Gasteiger partial charge in [0, 0.05) is 15.5 Å². The number of aromatic nitrogens is 2. The first-order chi connectivity index (χ1) is 15.7. The second-order valence-corrected chi connectivity index (χ2v) is 9.40. The van der Waals surface area contributed by atoms with Crippen molar-refractivity contribution in [3.05, 3.63) is 86.6 Å². The number of hydrogen-bond donors (Lipinski definition) is 0. The molecule has 0 aliphatic heterocycles. The molecule has 2 aromatic heterocycles. The minimum atomic E-state index is -0.409. The number of carbonyl (C=O) groups excluding carboxylic acids is 1. The van der Waals surface area contributed by atoms with Crippen LogP contribution in [0, 0.1) is 0 Å². The third-order valence-electron chi connectivity index (χ3n) is 5.00. The van der Waals surface area contributed by atoms with Gasteiger partial charge in [-0.1, -0.05) is 48.8 Å². The Bertz CT molecular complexity index is 1430. The van der Waals surface area contributed by atoms with Gasteiger partial charge in [0.25, 0.3) is 5.56 Å². The van der Waals surface area contributed by atoms with E-state index in [1.54, 1.807) is 42.5 Å². The van der Waals surface area contributed by atoms with Crippen molar-refractivity contribution < 1.29 is 13.9 Å². The number of benzene rings is 2. The Kier molecular flexibility index (Phi) is 6.03. The maximum absolute atomic E-state index is 13.2. The zero-order chi connectivity index (χ0) is 23.8. The molecule has 0 aliphatic rings. The molecule has 0 aliphatic carbocycles. The summed E-state index contributed by atoms with van der Waals surface area (Å²) in [7, 11) is 1.34. The summed E-state index contributed by atoms with van der Waals surface area (Å²) in [5.41, 5.74) is 1.21. The summed E-state index contributed by atoms with van der Waals surface area (Å²) in [4.78, 5) is 29.5. The molecular weight excluding hydrogens is 486 g/mol. The van der Waals surface area contributed by atoms with Gasteiger partial charge in [0.15, 0.2) is 0 Å². The van der Waals surface area contributed by atoms with Crippen molar-refractivity contribution in [3.63, 3.8) is 0 Å². The van der Waals surface area contributed by atoms with Crippen molar-refractivity contribution in [1.29, 1.82) is 0 Å². The van der Waals surface area contributed by atoms with E-state index in [0.717, 1.165) is 10.0 Å². The van der Waals surface area contributed by atoms with Crippen LogP contribution in [0.4, 0.5) is 0 Å². The lowest BCUT2D eigenvalue weighted by Crippen LogP contribution is -2.29. The standard InChI is InChI=1S/C25H22BrN3O4/c1-25(2,3)24-28-20-11-9-17(26)13-19(20)22(30)29(24)27-14-18-10-12-21(33-18)15-5-7-16(8-6-15)23(31)32-4/h5-14H,1-4H3. The molecule has 4 rings (SSSR count). The Balaban J connectivity index is 1.71. The summed E-state index contributed by atoms with van der Waals surface area (Å²) >= 11 is 3.41. The van der Waals surface area contributed by atoms with Crippen molar-refractivity contribution in [3.8, 4) is 11.3 Å². The van der Waals surface area contributed by atoms with E-state index in [1.807, 2.05) is 32.9 Å². The second-order valence-electron chi connectivity index (χ2n) is 8.48. The van der Waals surface area contributed by atoms with E-state index in [9.17, 15) is 9.59 Å². The average molecular weight is 508 g/mol. The molecule has 7 nitrogen and oxygen atoms in total. The van der Waals surface area contributed by atoms with Crippen LogP contribution in [0.2, 0.25) is 0 Å². The highest BCUT2D eigenvalue weighted by Gasteiger charge is 2.23. The van der Waals surface area contributed by atoms with Crippen LogP contribution in [0.1, 0.15) is 42.7 Å². The Labute approximate surface area is 198 Å². The van der Waals surface area contributed by atoms with Crippen molar-refractivity contribution in [1.82, 2.24) is 9.66 Å². The summed E-state index contributed by atoms with van der Waals surface area (Å²) in [5, 5.41) is 4.90. The lowest BCUT2D eigenvalue weighted by Gasteiger charge is -2.20. The predicted octanol–water partition coefficient (Wildman–Crippen LogP) is 5.39. The monoisotopic (exact) mass is 507 g/mol. The lowest BCUT2D eigenvalue weighted by molar-refractivity contribution is 0.0600. The normalized spacial score (nSPS) is 11.9. The van der Waals surface area contributed by atoms with Crippen LogP contribution in [0.3, 0.4) is 0 Å². The number of esters is 1. The number of methoxy groups -OCH3 is 1. The molecule has 4 aromatic rings. The van der Waals surface area contributed by atoms with Crippen LogP contribution >= 0.6 is 15.9 Å². The number of halogens is 1. The van der Waals surface area contributed by atoms with Crippen LogP contribution in [-0.2, 0) is 10.2 Å². The van der Waals surface area contributed by atoms with E-state index in [1.165, 1.54) is 18.0 Å². The first kappa shape index (κ1) is 22.7. The molecule has 0 atom stereocenters. The highest BCUT2D eigenvalue weighted by Crippen LogP contribution is 2.24. The topological polar surface area (TPSA) is 86.7 Å². The van der Waals surface area contributed by atoms with Crippen molar-refractivity contribution in [2.24, 2.45) is 5.10 Å². The van der Waals surface area contributed by atoms with Crippen molar-refractivity contribution >= 4 is 39.0 Å². The van der Waals surface area contributed by atoms with Crippen LogP contribution in [-0.4, -0.2) is 29.0 Å². The van der Waals surface area contributed by atoms with Gasteiger partial charge in [-0.3, -0.25) is 4.79 Å². The fourth-order valence-electron chi connectivity index (χ4n) is 3.32. The Hall–Kier alpha value is -3.52. The molecule has 0 saturated heterocycles. The van der Waals surface area contributed by atoms with E-state index < -0.39 is 11.4 Å². The number of rotatable bonds is 4. The molecule has 0 saturated carbocycles.